The molecule has 3 heteroatoms. The van der Waals surface area contributed by atoms with Crippen molar-refractivity contribution >= 4 is 41.8 Å². The second kappa shape index (κ2) is 10.9. The van der Waals surface area contributed by atoms with Crippen LogP contribution in [-0.4, -0.2) is 3.21 Å². The summed E-state index contributed by atoms with van der Waals surface area (Å²) in [5.74, 6) is 0. The zero-order valence-corrected chi connectivity index (χ0v) is 18.5. The molecular formula is C22H22Cl2Zr-2. The van der Waals surface area contributed by atoms with E-state index in [0.717, 1.165) is 6.42 Å². The molecule has 0 amide bonds. The van der Waals surface area contributed by atoms with Crippen molar-refractivity contribution in [2.24, 2.45) is 0 Å². The Labute approximate surface area is 165 Å². The van der Waals surface area contributed by atoms with Crippen LogP contribution in [0.3, 0.4) is 0 Å². The third kappa shape index (κ3) is 6.66. The topological polar surface area (TPSA) is 0 Å². The first kappa shape index (κ1) is 20.3. The maximum atomic E-state index is 5.65. The van der Waals surface area contributed by atoms with Crippen LogP contribution in [0.25, 0.3) is 21.5 Å². The maximum Gasteiger partial charge on any atom is -0.0809 e. The molecule has 4 aromatic carbocycles. The Morgan fingerprint density at radius 1 is 0.800 bits per heavy atom. The molecule has 25 heavy (non-hydrogen) atoms. The van der Waals surface area contributed by atoms with Crippen molar-refractivity contribution in [2.75, 3.05) is 0 Å². The zero-order chi connectivity index (χ0) is 18.1. The average molecular weight is 449 g/mol. The summed E-state index contributed by atoms with van der Waals surface area (Å²) in [6.45, 7) is 4.12. The third-order valence-corrected chi connectivity index (χ3v) is 10.2. The summed E-state index contributed by atoms with van der Waals surface area (Å²) in [4.78, 5) is 0. The van der Waals surface area contributed by atoms with E-state index in [4.69, 9.17) is 17.0 Å². The van der Waals surface area contributed by atoms with Gasteiger partial charge in [0.2, 0.25) is 0 Å². The predicted molar refractivity (Wildman–Crippen MR) is 112 cm³/mol. The van der Waals surface area contributed by atoms with E-state index in [1.54, 1.807) is 0 Å². The molecule has 0 N–H and O–H groups in total. The fraction of sp³-hybridized carbons (Fsp3) is 0.136. The summed E-state index contributed by atoms with van der Waals surface area (Å²) in [5, 5.41) is 5.32. The molecule has 0 aliphatic rings. The Morgan fingerprint density at radius 3 is 1.56 bits per heavy atom. The van der Waals surface area contributed by atoms with Gasteiger partial charge in [-0.2, -0.15) is 35.0 Å². The van der Waals surface area contributed by atoms with Crippen LogP contribution in [0.15, 0.2) is 84.9 Å². The molecule has 130 valence electrons. The van der Waals surface area contributed by atoms with Gasteiger partial charge in [0.15, 0.2) is 0 Å². The Kier molecular flexibility index (Phi) is 8.83. The molecule has 0 unspecified atom stereocenters. The molecule has 0 heterocycles. The Morgan fingerprint density at radius 2 is 1.24 bits per heavy atom. The van der Waals surface area contributed by atoms with Gasteiger partial charge in [0.1, 0.15) is 0 Å². The van der Waals surface area contributed by atoms with E-state index in [0.29, 0.717) is 0 Å². The van der Waals surface area contributed by atoms with E-state index < -0.39 is 18.9 Å². The Bertz CT molecular complexity index is 801. The van der Waals surface area contributed by atoms with Gasteiger partial charge in [0.25, 0.3) is 0 Å². The molecule has 4 aromatic rings. The third-order valence-electron chi connectivity index (χ3n) is 3.95. The van der Waals surface area contributed by atoms with Crippen LogP contribution in [0.5, 0.6) is 0 Å². The molecule has 0 spiro atoms. The SMILES string of the molecule is CC[C](C)=[Zr]([Cl])[Cl].c1ccc2[cH-]ccc2c1.c1ccc2[cH-]ccc2c1. The molecule has 0 nitrogen and oxygen atoms in total. The average Bonchev–Trinajstić information content (AvgIpc) is 3.30. The first-order valence-corrected chi connectivity index (χ1v) is 15.9. The zero-order valence-electron chi connectivity index (χ0n) is 14.5. The van der Waals surface area contributed by atoms with Gasteiger partial charge in [-0.15, -0.1) is 59.3 Å². The van der Waals surface area contributed by atoms with Crippen molar-refractivity contribution in [1.29, 1.82) is 0 Å². The molecule has 0 aliphatic carbocycles. The first-order valence-electron chi connectivity index (χ1n) is 8.33. The van der Waals surface area contributed by atoms with Crippen molar-refractivity contribution in [1.82, 2.24) is 0 Å². The van der Waals surface area contributed by atoms with Gasteiger partial charge < -0.3 is 0 Å². The van der Waals surface area contributed by atoms with Gasteiger partial charge >= 0.3 is 59.4 Å². The normalized spacial score (nSPS) is 9.76. The van der Waals surface area contributed by atoms with E-state index in [1.807, 2.05) is 6.92 Å². The van der Waals surface area contributed by atoms with Crippen LogP contribution in [-0.2, 0) is 18.9 Å². The molecule has 0 atom stereocenters. The van der Waals surface area contributed by atoms with Gasteiger partial charge in [-0.3, -0.25) is 0 Å². The summed E-state index contributed by atoms with van der Waals surface area (Å²) < 4.78 is 1.32. The van der Waals surface area contributed by atoms with Crippen LogP contribution >= 0.6 is 17.0 Å². The van der Waals surface area contributed by atoms with Crippen LogP contribution in [0, 0.1) is 0 Å². The Hall–Kier alpha value is -1.01. The van der Waals surface area contributed by atoms with Crippen LogP contribution in [0.2, 0.25) is 0 Å². The molecule has 0 fully saturated rings. The van der Waals surface area contributed by atoms with E-state index in [-0.39, 0.29) is 0 Å². The fourth-order valence-corrected chi connectivity index (χ4v) is 4.51. The maximum absolute atomic E-state index is 5.65. The van der Waals surface area contributed by atoms with Gasteiger partial charge in [0.05, 0.1) is 0 Å². The molecule has 0 saturated carbocycles. The summed E-state index contributed by atoms with van der Waals surface area (Å²) in [7, 11) is 11.3. The molecule has 0 aliphatic heterocycles. The number of benzene rings is 2. The molecule has 0 bridgehead atoms. The number of fused-ring (bicyclic) bond motifs is 2. The first-order chi connectivity index (χ1) is 12.1. The van der Waals surface area contributed by atoms with E-state index in [9.17, 15) is 0 Å². The summed E-state index contributed by atoms with van der Waals surface area (Å²) in [5.41, 5.74) is 0. The van der Waals surface area contributed by atoms with E-state index in [1.165, 1.54) is 24.8 Å². The molecule has 0 saturated heterocycles. The monoisotopic (exact) mass is 446 g/mol. The smallest absolute Gasteiger partial charge is 0.0809 e. The van der Waals surface area contributed by atoms with Crippen molar-refractivity contribution in [3.8, 4) is 0 Å². The number of hydrogen-bond acceptors (Lipinski definition) is 0. The second-order valence-corrected chi connectivity index (χ2v) is 14.7. The molecule has 0 radical (unpaired) electrons. The van der Waals surface area contributed by atoms with Crippen LogP contribution < -0.4 is 0 Å². The van der Waals surface area contributed by atoms with Crippen molar-refractivity contribution in [3.63, 3.8) is 0 Å². The Balaban J connectivity index is 0.000000137. The summed E-state index contributed by atoms with van der Waals surface area (Å²) in [6.07, 6.45) is 1.06. The van der Waals surface area contributed by atoms with Crippen molar-refractivity contribution in [3.05, 3.63) is 84.9 Å². The molecule has 4 rings (SSSR count). The largest absolute Gasteiger partial charge is 0.168 e. The molecular weight excluding hydrogens is 426 g/mol. The molecule has 0 aromatic heterocycles. The fourth-order valence-electron chi connectivity index (χ4n) is 2.27. The predicted octanol–water partition coefficient (Wildman–Crippen LogP) is 7.63. The quantitative estimate of drug-likeness (QED) is 0.263. The van der Waals surface area contributed by atoms with Gasteiger partial charge in [-0.05, 0) is 0 Å². The summed E-state index contributed by atoms with van der Waals surface area (Å²) >= 11 is -1.87. The summed E-state index contributed by atoms with van der Waals surface area (Å²) in [6, 6.07) is 29.3. The van der Waals surface area contributed by atoms with E-state index >= 15 is 0 Å². The number of rotatable bonds is 1. The van der Waals surface area contributed by atoms with Gasteiger partial charge in [-0.1, -0.05) is 12.1 Å². The minimum atomic E-state index is -1.87. The van der Waals surface area contributed by atoms with Crippen molar-refractivity contribution in [2.45, 2.75) is 20.3 Å². The van der Waals surface area contributed by atoms with Crippen LogP contribution in [0.4, 0.5) is 0 Å². The van der Waals surface area contributed by atoms with Gasteiger partial charge in [-0.25, -0.2) is 0 Å². The van der Waals surface area contributed by atoms with Gasteiger partial charge in [0, 0.05) is 0 Å². The second-order valence-electron chi connectivity index (χ2n) is 5.70. The minimum Gasteiger partial charge on any atom is -0.168 e. The number of hydrogen-bond donors (Lipinski definition) is 0. The minimum absolute atomic E-state index is 1.06. The van der Waals surface area contributed by atoms with Crippen LogP contribution in [0.1, 0.15) is 20.3 Å². The number of halogens is 2. The van der Waals surface area contributed by atoms with Crippen molar-refractivity contribution < 1.29 is 18.9 Å². The van der Waals surface area contributed by atoms with E-state index in [2.05, 4.69) is 91.9 Å². The standard InChI is InChI=1S/2C9H7.C4H8.2ClH.Zr/c2*1-2-5-9-7-3-6-8(9)4-1;1-3-4-2;;;/h2*1-7H;3H2,1-2H3;2*1H;/q2*-1;;;;+2/p-2.